The number of likely N-dealkylation sites (tertiary alicyclic amines) is 1. The fourth-order valence-corrected chi connectivity index (χ4v) is 2.76. The lowest BCUT2D eigenvalue weighted by atomic mass is 10.0. The summed E-state index contributed by atoms with van der Waals surface area (Å²) in [5.41, 5.74) is 0.578. The van der Waals surface area contributed by atoms with Gasteiger partial charge in [-0.1, -0.05) is 0 Å². The molecule has 1 aromatic carbocycles. The van der Waals surface area contributed by atoms with Gasteiger partial charge in [-0.3, -0.25) is 4.79 Å². The van der Waals surface area contributed by atoms with Gasteiger partial charge in [0.05, 0.1) is 0 Å². The molecule has 0 spiro atoms. The number of hydrogen-bond acceptors (Lipinski definition) is 2. The molecule has 1 aliphatic carbocycles. The zero-order chi connectivity index (χ0) is 13.9. The molecule has 108 valence electrons. The number of hydrogen-bond donors (Lipinski definition) is 1. The second kappa shape index (κ2) is 5.92. The third-order valence-electron chi connectivity index (χ3n) is 4.19. The SMILES string of the molecule is O=C(c1ccc(F)cc1)N1CCCC(NCC2CC2)C1. The van der Waals surface area contributed by atoms with Crippen LogP contribution in [0.3, 0.4) is 0 Å². The molecule has 1 saturated heterocycles. The van der Waals surface area contributed by atoms with Crippen molar-refractivity contribution in [2.75, 3.05) is 19.6 Å². The lowest BCUT2D eigenvalue weighted by molar-refractivity contribution is 0.0694. The number of halogens is 1. The normalized spacial score (nSPS) is 22.9. The molecule has 0 aromatic heterocycles. The van der Waals surface area contributed by atoms with Crippen molar-refractivity contribution in [3.8, 4) is 0 Å². The Balaban J connectivity index is 1.57. The van der Waals surface area contributed by atoms with Crippen LogP contribution in [0.5, 0.6) is 0 Å². The number of amides is 1. The van der Waals surface area contributed by atoms with E-state index in [0.29, 0.717) is 11.6 Å². The molecule has 1 unspecified atom stereocenters. The predicted molar refractivity (Wildman–Crippen MR) is 76.1 cm³/mol. The van der Waals surface area contributed by atoms with Crippen LogP contribution >= 0.6 is 0 Å². The Morgan fingerprint density at radius 2 is 2.00 bits per heavy atom. The number of nitrogens with zero attached hydrogens (tertiary/aromatic N) is 1. The van der Waals surface area contributed by atoms with E-state index in [9.17, 15) is 9.18 Å². The highest BCUT2D eigenvalue weighted by Crippen LogP contribution is 2.28. The lowest BCUT2D eigenvalue weighted by Crippen LogP contribution is -2.48. The molecule has 20 heavy (non-hydrogen) atoms. The van der Waals surface area contributed by atoms with Gasteiger partial charge < -0.3 is 10.2 Å². The first-order chi connectivity index (χ1) is 9.72. The predicted octanol–water partition coefficient (Wildman–Crippen LogP) is 2.43. The number of carbonyl (C=O) groups excluding carboxylic acids is 1. The Morgan fingerprint density at radius 1 is 1.25 bits per heavy atom. The first-order valence-electron chi connectivity index (χ1n) is 7.50. The molecule has 1 N–H and O–H groups in total. The van der Waals surface area contributed by atoms with Crippen LogP contribution in [-0.2, 0) is 0 Å². The highest BCUT2D eigenvalue weighted by atomic mass is 19.1. The molecule has 1 heterocycles. The number of piperidine rings is 1. The van der Waals surface area contributed by atoms with Crippen molar-refractivity contribution in [1.29, 1.82) is 0 Å². The van der Waals surface area contributed by atoms with Gasteiger partial charge >= 0.3 is 0 Å². The summed E-state index contributed by atoms with van der Waals surface area (Å²) in [6, 6.07) is 6.24. The molecule has 3 nitrogen and oxygen atoms in total. The quantitative estimate of drug-likeness (QED) is 0.916. The van der Waals surface area contributed by atoms with Crippen molar-refractivity contribution < 1.29 is 9.18 Å². The second-order valence-electron chi connectivity index (χ2n) is 5.95. The standard InChI is InChI=1S/C16H21FN2O/c17-14-7-5-13(6-8-14)16(20)19-9-1-2-15(11-19)18-10-12-3-4-12/h5-8,12,15,18H,1-4,9-11H2. The van der Waals surface area contributed by atoms with Crippen molar-refractivity contribution >= 4 is 5.91 Å². The summed E-state index contributed by atoms with van der Waals surface area (Å²) in [6.45, 7) is 2.66. The zero-order valence-corrected chi connectivity index (χ0v) is 11.6. The summed E-state index contributed by atoms with van der Waals surface area (Å²) in [6.07, 6.45) is 4.87. The van der Waals surface area contributed by atoms with Gasteiger partial charge in [0.15, 0.2) is 0 Å². The van der Waals surface area contributed by atoms with Crippen molar-refractivity contribution in [3.05, 3.63) is 35.6 Å². The average molecular weight is 276 g/mol. The minimum Gasteiger partial charge on any atom is -0.337 e. The Hall–Kier alpha value is -1.42. The van der Waals surface area contributed by atoms with Gasteiger partial charge in [0, 0.05) is 24.7 Å². The van der Waals surface area contributed by atoms with Crippen LogP contribution in [-0.4, -0.2) is 36.5 Å². The smallest absolute Gasteiger partial charge is 0.253 e. The number of nitrogens with one attached hydrogen (secondary N) is 1. The van der Waals surface area contributed by atoms with Crippen LogP contribution in [0.2, 0.25) is 0 Å². The number of rotatable bonds is 4. The summed E-state index contributed by atoms with van der Waals surface area (Å²) in [5.74, 6) is 0.574. The number of benzene rings is 1. The Kier molecular flexibility index (Phi) is 4.01. The zero-order valence-electron chi connectivity index (χ0n) is 11.6. The molecule has 4 heteroatoms. The van der Waals surface area contributed by atoms with Gasteiger partial charge in [-0.2, -0.15) is 0 Å². The van der Waals surface area contributed by atoms with Crippen LogP contribution in [0.4, 0.5) is 4.39 Å². The van der Waals surface area contributed by atoms with E-state index in [4.69, 9.17) is 0 Å². The minimum atomic E-state index is -0.302. The maximum atomic E-state index is 12.9. The molecule has 2 fully saturated rings. The molecule has 1 aromatic rings. The van der Waals surface area contributed by atoms with Gasteiger partial charge in [-0.25, -0.2) is 4.39 Å². The second-order valence-corrected chi connectivity index (χ2v) is 5.95. The third-order valence-corrected chi connectivity index (χ3v) is 4.19. The molecule has 2 aliphatic rings. The molecule has 1 atom stereocenters. The van der Waals surface area contributed by atoms with E-state index in [0.717, 1.165) is 38.4 Å². The third kappa shape index (κ3) is 3.37. The van der Waals surface area contributed by atoms with Gasteiger partial charge in [0.1, 0.15) is 5.82 Å². The molecule has 3 rings (SSSR count). The fraction of sp³-hybridized carbons (Fsp3) is 0.562. The van der Waals surface area contributed by atoms with Crippen LogP contribution in [0.1, 0.15) is 36.0 Å². The molecule has 0 radical (unpaired) electrons. The molecular formula is C16H21FN2O. The molecule has 1 aliphatic heterocycles. The van der Waals surface area contributed by atoms with E-state index in [2.05, 4.69) is 5.32 Å². The Bertz CT molecular complexity index is 470. The lowest BCUT2D eigenvalue weighted by Gasteiger charge is -2.33. The Labute approximate surface area is 119 Å². The van der Waals surface area contributed by atoms with Crippen molar-refractivity contribution in [3.63, 3.8) is 0 Å². The van der Waals surface area contributed by atoms with Crippen molar-refractivity contribution in [2.24, 2.45) is 5.92 Å². The van der Waals surface area contributed by atoms with Crippen LogP contribution in [0, 0.1) is 11.7 Å². The fourth-order valence-electron chi connectivity index (χ4n) is 2.76. The van der Waals surface area contributed by atoms with Gasteiger partial charge in [-0.15, -0.1) is 0 Å². The van der Waals surface area contributed by atoms with E-state index in [1.165, 1.54) is 25.0 Å². The first-order valence-corrected chi connectivity index (χ1v) is 7.50. The highest BCUT2D eigenvalue weighted by molar-refractivity contribution is 5.94. The number of carbonyl (C=O) groups is 1. The summed E-state index contributed by atoms with van der Waals surface area (Å²) < 4.78 is 12.9. The van der Waals surface area contributed by atoms with Gasteiger partial charge in [0.2, 0.25) is 0 Å². The van der Waals surface area contributed by atoms with E-state index < -0.39 is 0 Å². The van der Waals surface area contributed by atoms with E-state index in [1.807, 2.05) is 4.90 Å². The molecular weight excluding hydrogens is 255 g/mol. The van der Waals surface area contributed by atoms with Crippen LogP contribution in [0.25, 0.3) is 0 Å². The maximum absolute atomic E-state index is 12.9. The maximum Gasteiger partial charge on any atom is 0.253 e. The Morgan fingerprint density at radius 3 is 2.70 bits per heavy atom. The molecule has 1 amide bonds. The largest absolute Gasteiger partial charge is 0.337 e. The minimum absolute atomic E-state index is 0.0166. The monoisotopic (exact) mass is 276 g/mol. The average Bonchev–Trinajstić information content (AvgIpc) is 3.30. The summed E-state index contributed by atoms with van der Waals surface area (Å²) in [7, 11) is 0. The first kappa shape index (κ1) is 13.6. The highest BCUT2D eigenvalue weighted by Gasteiger charge is 2.27. The van der Waals surface area contributed by atoms with E-state index >= 15 is 0 Å². The van der Waals surface area contributed by atoms with Gasteiger partial charge in [-0.05, 0) is 62.4 Å². The summed E-state index contributed by atoms with van der Waals surface area (Å²) >= 11 is 0. The molecule has 0 bridgehead atoms. The summed E-state index contributed by atoms with van der Waals surface area (Å²) in [4.78, 5) is 14.3. The topological polar surface area (TPSA) is 32.3 Å². The van der Waals surface area contributed by atoms with E-state index in [-0.39, 0.29) is 11.7 Å². The van der Waals surface area contributed by atoms with Crippen LogP contribution in [0.15, 0.2) is 24.3 Å². The van der Waals surface area contributed by atoms with Crippen LogP contribution < -0.4 is 5.32 Å². The van der Waals surface area contributed by atoms with Gasteiger partial charge in [0.25, 0.3) is 5.91 Å². The van der Waals surface area contributed by atoms with E-state index in [1.54, 1.807) is 12.1 Å². The molecule has 1 saturated carbocycles. The van der Waals surface area contributed by atoms with Crippen molar-refractivity contribution in [2.45, 2.75) is 31.7 Å². The summed E-state index contributed by atoms with van der Waals surface area (Å²) in [5, 5.41) is 3.58. The van der Waals surface area contributed by atoms with Crippen molar-refractivity contribution in [1.82, 2.24) is 10.2 Å².